The van der Waals surface area contributed by atoms with Gasteiger partial charge in [0.2, 0.25) is 0 Å². The molecule has 88 valence electrons. The lowest BCUT2D eigenvalue weighted by molar-refractivity contribution is -0.143. The number of nitrogens with two attached hydrogens (primary N) is 1. The zero-order chi connectivity index (χ0) is 12.1. The number of halogens is 2. The minimum Gasteiger partial charge on any atom is -0.466 e. The molecule has 1 atom stereocenters. The van der Waals surface area contributed by atoms with Crippen LogP contribution < -0.4 is 5.73 Å². The highest BCUT2D eigenvalue weighted by molar-refractivity contribution is 9.10. The molecule has 1 unspecified atom stereocenters. The van der Waals surface area contributed by atoms with Crippen molar-refractivity contribution >= 4 is 33.5 Å². The van der Waals surface area contributed by atoms with Gasteiger partial charge in [0, 0.05) is 12.2 Å². The molecule has 6 heteroatoms. The van der Waals surface area contributed by atoms with Crippen LogP contribution in [0.1, 0.15) is 24.9 Å². The molecule has 0 aromatic carbocycles. The maximum Gasteiger partial charge on any atom is 0.307 e. The Balaban J connectivity index is 2.69. The molecule has 0 fully saturated rings. The van der Waals surface area contributed by atoms with Gasteiger partial charge in [-0.05, 0) is 34.5 Å². The fourth-order valence-electron chi connectivity index (χ4n) is 1.16. The second-order valence-electron chi connectivity index (χ2n) is 3.16. The highest BCUT2D eigenvalue weighted by Gasteiger charge is 2.13. The van der Waals surface area contributed by atoms with Gasteiger partial charge in [-0.15, -0.1) is 0 Å². The van der Waals surface area contributed by atoms with Gasteiger partial charge in [0.05, 0.1) is 17.5 Å². The van der Waals surface area contributed by atoms with E-state index in [0.29, 0.717) is 16.2 Å². The molecular formula is C10H12BrClN2O2. The fourth-order valence-corrected chi connectivity index (χ4v) is 1.63. The first-order chi connectivity index (χ1) is 7.54. The van der Waals surface area contributed by atoms with Crippen LogP contribution in [0.2, 0.25) is 5.15 Å². The van der Waals surface area contributed by atoms with Crippen LogP contribution in [0.3, 0.4) is 0 Å². The standard InChI is InChI=1S/C10H12BrClN2O2/c1-2-16-9(15)4-8(13)6-3-7(11)10(12)14-5-6/h3,5,8H,2,4,13H2,1H3. The van der Waals surface area contributed by atoms with Gasteiger partial charge in [-0.3, -0.25) is 4.79 Å². The smallest absolute Gasteiger partial charge is 0.307 e. The van der Waals surface area contributed by atoms with Gasteiger partial charge in [0.1, 0.15) is 5.15 Å². The molecule has 1 aromatic heterocycles. The average Bonchev–Trinajstić information content (AvgIpc) is 2.22. The predicted octanol–water partition coefficient (Wildman–Crippen LogP) is 2.45. The number of hydrogen-bond donors (Lipinski definition) is 1. The second kappa shape index (κ2) is 6.18. The number of carbonyl (C=O) groups excluding carboxylic acids is 1. The van der Waals surface area contributed by atoms with Gasteiger partial charge in [-0.2, -0.15) is 0 Å². The van der Waals surface area contributed by atoms with Crippen LogP contribution in [0.4, 0.5) is 0 Å². The number of ether oxygens (including phenoxy) is 1. The normalized spacial score (nSPS) is 12.2. The summed E-state index contributed by atoms with van der Waals surface area (Å²) in [4.78, 5) is 15.2. The topological polar surface area (TPSA) is 65.2 Å². The van der Waals surface area contributed by atoms with Gasteiger partial charge in [0.25, 0.3) is 0 Å². The molecule has 1 rings (SSSR count). The van der Waals surface area contributed by atoms with E-state index >= 15 is 0 Å². The van der Waals surface area contributed by atoms with Crippen LogP contribution >= 0.6 is 27.5 Å². The number of pyridine rings is 1. The first-order valence-electron chi connectivity index (χ1n) is 4.76. The molecule has 16 heavy (non-hydrogen) atoms. The molecule has 0 radical (unpaired) electrons. The highest BCUT2D eigenvalue weighted by Crippen LogP contribution is 2.24. The molecule has 0 aliphatic carbocycles. The molecule has 0 amide bonds. The zero-order valence-corrected chi connectivity index (χ0v) is 11.1. The molecule has 0 saturated heterocycles. The number of carbonyl (C=O) groups is 1. The Morgan fingerprint density at radius 2 is 2.44 bits per heavy atom. The molecule has 0 spiro atoms. The van der Waals surface area contributed by atoms with Gasteiger partial charge in [0.15, 0.2) is 0 Å². The van der Waals surface area contributed by atoms with Crippen LogP contribution in [0.5, 0.6) is 0 Å². The van der Waals surface area contributed by atoms with Crippen LogP contribution in [0.25, 0.3) is 0 Å². The van der Waals surface area contributed by atoms with E-state index in [1.54, 1.807) is 19.2 Å². The molecule has 1 aromatic rings. The van der Waals surface area contributed by atoms with Crippen LogP contribution in [-0.2, 0) is 9.53 Å². The summed E-state index contributed by atoms with van der Waals surface area (Å²) in [5.41, 5.74) is 6.58. The van der Waals surface area contributed by atoms with Crippen molar-refractivity contribution in [2.45, 2.75) is 19.4 Å². The SMILES string of the molecule is CCOC(=O)CC(N)c1cnc(Cl)c(Br)c1. The van der Waals surface area contributed by atoms with Gasteiger partial charge >= 0.3 is 5.97 Å². The van der Waals surface area contributed by atoms with E-state index in [4.69, 9.17) is 22.1 Å². The van der Waals surface area contributed by atoms with Crippen molar-refractivity contribution in [1.29, 1.82) is 0 Å². The Morgan fingerprint density at radius 3 is 3.00 bits per heavy atom. The van der Waals surface area contributed by atoms with Crippen molar-refractivity contribution in [1.82, 2.24) is 4.98 Å². The Kier molecular flexibility index (Phi) is 5.18. The quantitative estimate of drug-likeness (QED) is 0.685. The van der Waals surface area contributed by atoms with Crippen molar-refractivity contribution in [2.24, 2.45) is 5.73 Å². The van der Waals surface area contributed by atoms with Crippen molar-refractivity contribution in [3.63, 3.8) is 0 Å². The Labute approximate surface area is 107 Å². The second-order valence-corrected chi connectivity index (χ2v) is 4.37. The molecule has 2 N–H and O–H groups in total. The van der Waals surface area contributed by atoms with Crippen molar-refractivity contribution in [2.75, 3.05) is 6.61 Å². The van der Waals surface area contributed by atoms with E-state index in [1.165, 1.54) is 0 Å². The number of aromatic nitrogens is 1. The number of hydrogen-bond acceptors (Lipinski definition) is 4. The van der Waals surface area contributed by atoms with Crippen LogP contribution in [0.15, 0.2) is 16.7 Å². The van der Waals surface area contributed by atoms with E-state index in [-0.39, 0.29) is 12.4 Å². The van der Waals surface area contributed by atoms with E-state index in [9.17, 15) is 4.79 Å². The third-order valence-corrected chi connectivity index (χ3v) is 3.07. The van der Waals surface area contributed by atoms with E-state index in [1.807, 2.05) is 0 Å². The summed E-state index contributed by atoms with van der Waals surface area (Å²) in [6.07, 6.45) is 1.68. The largest absolute Gasteiger partial charge is 0.466 e. The molecule has 4 nitrogen and oxygen atoms in total. The third kappa shape index (κ3) is 3.73. The summed E-state index contributed by atoms with van der Waals surface area (Å²) in [5.74, 6) is -0.318. The monoisotopic (exact) mass is 306 g/mol. The summed E-state index contributed by atoms with van der Waals surface area (Å²) in [5, 5.41) is 0.368. The van der Waals surface area contributed by atoms with Crippen LogP contribution in [0, 0.1) is 0 Å². The Bertz CT molecular complexity index is 387. The van der Waals surface area contributed by atoms with Crippen molar-refractivity contribution in [3.8, 4) is 0 Å². The lowest BCUT2D eigenvalue weighted by Crippen LogP contribution is -2.17. The minimum absolute atomic E-state index is 0.129. The number of esters is 1. The van der Waals surface area contributed by atoms with Crippen LogP contribution in [-0.4, -0.2) is 17.6 Å². The minimum atomic E-state index is -0.430. The van der Waals surface area contributed by atoms with Gasteiger partial charge in [-0.25, -0.2) is 4.98 Å². The van der Waals surface area contributed by atoms with Crippen molar-refractivity contribution < 1.29 is 9.53 Å². The van der Waals surface area contributed by atoms with E-state index in [2.05, 4.69) is 20.9 Å². The summed E-state index contributed by atoms with van der Waals surface area (Å²) in [7, 11) is 0. The first kappa shape index (κ1) is 13.4. The Hall–Kier alpha value is -0.650. The van der Waals surface area contributed by atoms with Gasteiger partial charge < -0.3 is 10.5 Å². The van der Waals surface area contributed by atoms with Gasteiger partial charge in [-0.1, -0.05) is 11.6 Å². The molecule has 1 heterocycles. The molecule has 0 aliphatic heterocycles. The Morgan fingerprint density at radius 1 is 1.75 bits per heavy atom. The molecule has 0 aliphatic rings. The van der Waals surface area contributed by atoms with Crippen molar-refractivity contribution in [3.05, 3.63) is 27.5 Å². The third-order valence-electron chi connectivity index (χ3n) is 1.94. The fraction of sp³-hybridized carbons (Fsp3) is 0.400. The average molecular weight is 308 g/mol. The zero-order valence-electron chi connectivity index (χ0n) is 8.74. The maximum atomic E-state index is 11.2. The summed E-state index contributed by atoms with van der Waals surface area (Å²) in [6, 6.07) is 1.32. The number of rotatable bonds is 4. The summed E-state index contributed by atoms with van der Waals surface area (Å²) >= 11 is 9.00. The summed E-state index contributed by atoms with van der Waals surface area (Å²) in [6.45, 7) is 2.11. The molecule has 0 bridgehead atoms. The maximum absolute atomic E-state index is 11.2. The molecule has 0 saturated carbocycles. The number of nitrogens with zero attached hydrogens (tertiary/aromatic N) is 1. The predicted molar refractivity (Wildman–Crippen MR) is 65.1 cm³/mol. The van der Waals surface area contributed by atoms with E-state index in [0.717, 1.165) is 5.56 Å². The molecular weight excluding hydrogens is 295 g/mol. The summed E-state index contributed by atoms with van der Waals surface area (Å²) < 4.78 is 5.47. The van der Waals surface area contributed by atoms with E-state index < -0.39 is 6.04 Å². The first-order valence-corrected chi connectivity index (χ1v) is 5.93. The highest BCUT2D eigenvalue weighted by atomic mass is 79.9. The lowest BCUT2D eigenvalue weighted by Gasteiger charge is -2.11. The lowest BCUT2D eigenvalue weighted by atomic mass is 10.1.